The van der Waals surface area contributed by atoms with E-state index in [0.29, 0.717) is 0 Å². The SMILES string of the molecule is CC(=O)N[C@@H](C=O)[C@@H](OCC(=O)NC(C)C(=O)NC(CCC(=O)NC(C)C(=O)O)C(N)=O)[C@H](O)[C@H](O)CO. The summed E-state index contributed by atoms with van der Waals surface area (Å²) in [6, 6.07) is -5.26. The van der Waals surface area contributed by atoms with Crippen molar-refractivity contribution in [2.75, 3.05) is 13.2 Å². The van der Waals surface area contributed by atoms with E-state index in [2.05, 4.69) is 21.3 Å². The third-order valence-corrected chi connectivity index (χ3v) is 5.03. The van der Waals surface area contributed by atoms with Crippen LogP contribution in [0, 0.1) is 0 Å². The molecule has 5 amide bonds. The molecule has 0 spiro atoms. The molecule has 216 valence electrons. The van der Waals surface area contributed by atoms with Crippen LogP contribution in [0.15, 0.2) is 0 Å². The molecular weight excluding hydrogens is 514 g/mol. The van der Waals surface area contributed by atoms with Gasteiger partial charge in [0.2, 0.25) is 29.5 Å². The number of hydrogen-bond donors (Lipinski definition) is 9. The third kappa shape index (κ3) is 12.5. The minimum atomic E-state index is -1.89. The predicted molar refractivity (Wildman–Crippen MR) is 126 cm³/mol. The van der Waals surface area contributed by atoms with Gasteiger partial charge in [0, 0.05) is 13.3 Å². The van der Waals surface area contributed by atoms with Gasteiger partial charge in [0.25, 0.3) is 0 Å². The van der Waals surface area contributed by atoms with Crippen LogP contribution in [0.4, 0.5) is 0 Å². The second-order valence-electron chi connectivity index (χ2n) is 8.30. The van der Waals surface area contributed by atoms with Crippen molar-refractivity contribution in [2.24, 2.45) is 5.73 Å². The minimum Gasteiger partial charge on any atom is -0.480 e. The fourth-order valence-electron chi connectivity index (χ4n) is 2.92. The number of amides is 5. The summed E-state index contributed by atoms with van der Waals surface area (Å²) < 4.78 is 5.18. The van der Waals surface area contributed by atoms with Crippen LogP contribution in [0.1, 0.15) is 33.6 Å². The average Bonchev–Trinajstić information content (AvgIpc) is 2.84. The van der Waals surface area contributed by atoms with Crippen LogP contribution >= 0.6 is 0 Å². The maximum atomic E-state index is 12.4. The zero-order chi connectivity index (χ0) is 29.6. The molecule has 0 aliphatic heterocycles. The number of ether oxygens (including phenoxy) is 1. The van der Waals surface area contributed by atoms with Gasteiger partial charge in [-0.25, -0.2) is 0 Å². The number of rotatable bonds is 18. The Morgan fingerprint density at radius 3 is 2.00 bits per heavy atom. The zero-order valence-corrected chi connectivity index (χ0v) is 21.1. The highest BCUT2D eigenvalue weighted by molar-refractivity contribution is 5.92. The van der Waals surface area contributed by atoms with Crippen molar-refractivity contribution >= 4 is 41.8 Å². The van der Waals surface area contributed by atoms with Crippen LogP contribution in [-0.2, 0) is 38.3 Å². The molecule has 0 heterocycles. The summed E-state index contributed by atoms with van der Waals surface area (Å²) in [5.74, 6) is -5.46. The van der Waals surface area contributed by atoms with E-state index in [4.69, 9.17) is 20.7 Å². The summed E-state index contributed by atoms with van der Waals surface area (Å²) in [5, 5.41) is 46.5. The summed E-state index contributed by atoms with van der Waals surface area (Å²) in [7, 11) is 0. The molecule has 0 aliphatic rings. The highest BCUT2D eigenvalue weighted by Crippen LogP contribution is 2.09. The first-order chi connectivity index (χ1) is 17.6. The Hall–Kier alpha value is -3.67. The van der Waals surface area contributed by atoms with E-state index in [1.807, 2.05) is 0 Å². The molecular formula is C21H35N5O12. The molecule has 0 fully saturated rings. The first-order valence-corrected chi connectivity index (χ1v) is 11.4. The van der Waals surface area contributed by atoms with Crippen LogP contribution < -0.4 is 27.0 Å². The highest BCUT2D eigenvalue weighted by Gasteiger charge is 2.35. The Balaban J connectivity index is 5.06. The van der Waals surface area contributed by atoms with E-state index in [-0.39, 0.29) is 19.1 Å². The van der Waals surface area contributed by atoms with Crippen molar-refractivity contribution in [1.82, 2.24) is 21.3 Å². The highest BCUT2D eigenvalue weighted by atomic mass is 16.5. The van der Waals surface area contributed by atoms with E-state index in [1.165, 1.54) is 13.8 Å². The Morgan fingerprint density at radius 2 is 1.53 bits per heavy atom. The Kier molecular flexibility index (Phi) is 15.3. The first kappa shape index (κ1) is 34.3. The average molecular weight is 550 g/mol. The smallest absolute Gasteiger partial charge is 0.325 e. The number of aliphatic carboxylic acids is 1. The van der Waals surface area contributed by atoms with Crippen molar-refractivity contribution in [1.29, 1.82) is 0 Å². The van der Waals surface area contributed by atoms with Crippen LogP contribution in [0.2, 0.25) is 0 Å². The minimum absolute atomic E-state index is 0.194. The molecule has 0 aliphatic carbocycles. The maximum Gasteiger partial charge on any atom is 0.325 e. The monoisotopic (exact) mass is 549 g/mol. The topological polar surface area (TPSA) is 284 Å². The van der Waals surface area contributed by atoms with Gasteiger partial charge in [0.15, 0.2) is 0 Å². The molecule has 38 heavy (non-hydrogen) atoms. The molecule has 7 atom stereocenters. The predicted octanol–water partition coefficient (Wildman–Crippen LogP) is -5.37. The lowest BCUT2D eigenvalue weighted by Crippen LogP contribution is -2.56. The molecule has 10 N–H and O–H groups in total. The summed E-state index contributed by atoms with van der Waals surface area (Å²) >= 11 is 0. The number of aliphatic hydroxyl groups is 3. The number of carbonyl (C=O) groups excluding carboxylic acids is 6. The van der Waals surface area contributed by atoms with Crippen LogP contribution in [-0.4, -0.2) is 118 Å². The molecule has 3 unspecified atom stereocenters. The van der Waals surface area contributed by atoms with Gasteiger partial charge >= 0.3 is 5.97 Å². The fourth-order valence-corrected chi connectivity index (χ4v) is 2.92. The van der Waals surface area contributed by atoms with Gasteiger partial charge in [-0.05, 0) is 20.3 Å². The van der Waals surface area contributed by atoms with E-state index < -0.39 is 91.2 Å². The quantitative estimate of drug-likeness (QED) is 0.0724. The molecule has 0 aromatic heterocycles. The molecule has 0 saturated carbocycles. The van der Waals surface area contributed by atoms with E-state index in [1.54, 1.807) is 0 Å². The van der Waals surface area contributed by atoms with Gasteiger partial charge in [-0.3, -0.25) is 28.8 Å². The summed E-state index contributed by atoms with van der Waals surface area (Å²) in [5.41, 5.74) is 5.24. The maximum absolute atomic E-state index is 12.4. The van der Waals surface area contributed by atoms with Crippen LogP contribution in [0.3, 0.4) is 0 Å². The zero-order valence-electron chi connectivity index (χ0n) is 21.1. The normalized spacial score (nSPS) is 16.4. The first-order valence-electron chi connectivity index (χ1n) is 11.4. The number of carboxylic acids is 1. The number of carboxylic acid groups (broad SMARTS) is 1. The third-order valence-electron chi connectivity index (χ3n) is 5.03. The van der Waals surface area contributed by atoms with E-state index >= 15 is 0 Å². The Morgan fingerprint density at radius 1 is 0.947 bits per heavy atom. The Labute approximate surface area is 217 Å². The Bertz CT molecular complexity index is 870. The van der Waals surface area contributed by atoms with Gasteiger partial charge in [-0.15, -0.1) is 0 Å². The molecule has 17 heteroatoms. The molecule has 17 nitrogen and oxygen atoms in total. The number of aliphatic hydroxyl groups excluding tert-OH is 3. The second-order valence-corrected chi connectivity index (χ2v) is 8.30. The number of nitrogens with one attached hydrogen (secondary N) is 4. The van der Waals surface area contributed by atoms with Gasteiger partial charge in [-0.2, -0.15) is 0 Å². The lowest BCUT2D eigenvalue weighted by atomic mass is 10.0. The lowest BCUT2D eigenvalue weighted by molar-refractivity contribution is -0.146. The fraction of sp³-hybridized carbons (Fsp3) is 0.667. The molecule has 0 aromatic rings. The van der Waals surface area contributed by atoms with E-state index in [0.717, 1.165) is 6.92 Å². The molecule has 0 rings (SSSR count). The number of carbonyl (C=O) groups is 7. The number of primary amides is 1. The van der Waals surface area contributed by atoms with Crippen LogP contribution in [0.25, 0.3) is 0 Å². The number of aldehydes is 1. The number of nitrogens with two attached hydrogens (primary N) is 1. The molecule has 0 bridgehead atoms. The molecule has 0 aromatic carbocycles. The molecule has 0 radical (unpaired) electrons. The van der Waals surface area contributed by atoms with Gasteiger partial charge in [0.1, 0.15) is 55.4 Å². The summed E-state index contributed by atoms with van der Waals surface area (Å²) in [4.78, 5) is 81.6. The van der Waals surface area contributed by atoms with Crippen molar-refractivity contribution in [3.05, 3.63) is 0 Å². The standard InChI is InChI=1S/C21H35N5O12/c1-9(20(35)26-12(19(22)34)4-5-15(31)24-10(2)21(36)37)23-16(32)8-38-18(17(33)14(30)7-28)13(6-27)25-11(3)29/h6,9-10,12-14,17-18,28,30,33H,4-5,7-8H2,1-3H3,(H2,22,34)(H,23,32)(H,24,31)(H,25,29)(H,26,35)(H,36,37)/t9?,10?,12?,13-,14+,17+,18+/m0/s1. The molecule has 0 saturated heterocycles. The van der Waals surface area contributed by atoms with Crippen molar-refractivity contribution < 1.29 is 58.7 Å². The summed E-state index contributed by atoms with van der Waals surface area (Å²) in [6.45, 7) is 1.76. The largest absolute Gasteiger partial charge is 0.480 e. The van der Waals surface area contributed by atoms with Crippen molar-refractivity contribution in [3.63, 3.8) is 0 Å². The lowest BCUT2D eigenvalue weighted by Gasteiger charge is -2.30. The number of hydrogen-bond acceptors (Lipinski definition) is 11. The van der Waals surface area contributed by atoms with Crippen molar-refractivity contribution in [3.8, 4) is 0 Å². The van der Waals surface area contributed by atoms with E-state index in [9.17, 15) is 43.8 Å². The van der Waals surface area contributed by atoms with Gasteiger partial charge in [-0.1, -0.05) is 0 Å². The second kappa shape index (κ2) is 17.0. The van der Waals surface area contributed by atoms with Crippen molar-refractivity contribution in [2.45, 2.75) is 76.1 Å². The van der Waals surface area contributed by atoms with Crippen LogP contribution in [0.5, 0.6) is 0 Å². The van der Waals surface area contributed by atoms with Gasteiger partial charge < -0.3 is 57.0 Å². The van der Waals surface area contributed by atoms with Gasteiger partial charge in [0.05, 0.1) is 6.61 Å². The summed E-state index contributed by atoms with van der Waals surface area (Å²) in [6.07, 6.45) is -5.71.